The number of fused-ring (bicyclic) bond motifs is 2. The number of para-hydroxylation sites is 2. The number of anilines is 1. The summed E-state index contributed by atoms with van der Waals surface area (Å²) >= 11 is 1.65. The van der Waals surface area contributed by atoms with Gasteiger partial charge >= 0.3 is 0 Å². The Bertz CT molecular complexity index is 1480. The van der Waals surface area contributed by atoms with Crippen LogP contribution < -0.4 is 10.6 Å². The Kier molecular flexibility index (Phi) is 5.54. The SMILES string of the molecule is O=C(Nc1ccccc1-c1cn2c(CN3CCNCC3)csc2n1)c1cnc2ccccc2c1. The molecule has 1 aliphatic rings. The Hall–Kier alpha value is -3.59. The highest BCUT2D eigenvalue weighted by atomic mass is 32.1. The number of pyridine rings is 1. The average Bonchev–Trinajstić information content (AvgIpc) is 3.46. The summed E-state index contributed by atoms with van der Waals surface area (Å²) in [6.45, 7) is 5.07. The van der Waals surface area contributed by atoms with Crippen LogP contribution in [0, 0.1) is 0 Å². The van der Waals surface area contributed by atoms with Gasteiger partial charge in [0.1, 0.15) is 0 Å². The normalized spacial score (nSPS) is 14.6. The molecule has 1 aliphatic heterocycles. The highest BCUT2D eigenvalue weighted by molar-refractivity contribution is 7.15. The van der Waals surface area contributed by atoms with Gasteiger partial charge < -0.3 is 10.6 Å². The fourth-order valence-electron chi connectivity index (χ4n) is 4.38. The highest BCUT2D eigenvalue weighted by Gasteiger charge is 2.17. The second-order valence-corrected chi connectivity index (χ2v) is 9.28. The van der Waals surface area contributed by atoms with Gasteiger partial charge in [-0.05, 0) is 18.2 Å². The van der Waals surface area contributed by atoms with Crippen molar-refractivity contribution < 1.29 is 4.79 Å². The van der Waals surface area contributed by atoms with Crippen LogP contribution in [0.25, 0.3) is 27.1 Å². The Labute approximate surface area is 201 Å². The summed E-state index contributed by atoms with van der Waals surface area (Å²) in [6.07, 6.45) is 3.70. The van der Waals surface area contributed by atoms with Crippen molar-refractivity contribution in [3.05, 3.63) is 83.6 Å². The van der Waals surface area contributed by atoms with Crippen molar-refractivity contribution in [2.45, 2.75) is 6.54 Å². The van der Waals surface area contributed by atoms with Crippen molar-refractivity contribution in [3.8, 4) is 11.3 Å². The number of imidazole rings is 1. The molecule has 4 heterocycles. The standard InChI is InChI=1S/C26H24N6OS/c33-25(19-13-18-5-1-3-7-22(18)28-14-19)29-23-8-4-2-6-21(23)24-16-32-20(17-34-26(32)30-24)15-31-11-9-27-10-12-31/h1-8,13-14,16-17,27H,9-12,15H2,(H,29,33). The van der Waals surface area contributed by atoms with Crippen LogP contribution in [0.3, 0.4) is 0 Å². The summed E-state index contributed by atoms with van der Waals surface area (Å²) in [5.74, 6) is -0.189. The van der Waals surface area contributed by atoms with Gasteiger partial charge in [0.15, 0.2) is 4.96 Å². The third kappa shape index (κ3) is 4.07. The number of hydrogen-bond donors (Lipinski definition) is 2. The van der Waals surface area contributed by atoms with Crippen LogP contribution in [0.5, 0.6) is 0 Å². The van der Waals surface area contributed by atoms with Crippen molar-refractivity contribution in [1.82, 2.24) is 24.6 Å². The maximum Gasteiger partial charge on any atom is 0.257 e. The number of piperazine rings is 1. The molecule has 1 saturated heterocycles. The first-order chi connectivity index (χ1) is 16.7. The Morgan fingerprint density at radius 3 is 2.82 bits per heavy atom. The number of hydrogen-bond acceptors (Lipinski definition) is 6. The number of carbonyl (C=O) groups is 1. The molecular weight excluding hydrogens is 444 g/mol. The molecule has 2 aromatic carbocycles. The number of nitrogens with one attached hydrogen (secondary N) is 2. The largest absolute Gasteiger partial charge is 0.321 e. The molecule has 34 heavy (non-hydrogen) atoms. The van der Waals surface area contributed by atoms with Gasteiger partial charge in [0.2, 0.25) is 0 Å². The Morgan fingerprint density at radius 1 is 1.09 bits per heavy atom. The van der Waals surface area contributed by atoms with E-state index < -0.39 is 0 Å². The van der Waals surface area contributed by atoms with Crippen molar-refractivity contribution in [3.63, 3.8) is 0 Å². The van der Waals surface area contributed by atoms with Crippen molar-refractivity contribution in [2.24, 2.45) is 0 Å². The van der Waals surface area contributed by atoms with Gasteiger partial charge in [-0.1, -0.05) is 36.4 Å². The molecule has 0 unspecified atom stereocenters. The van der Waals surface area contributed by atoms with Gasteiger partial charge in [0, 0.05) is 67.1 Å². The van der Waals surface area contributed by atoms with E-state index in [0.717, 1.165) is 65.5 Å². The van der Waals surface area contributed by atoms with Gasteiger partial charge in [-0.25, -0.2) is 4.98 Å². The number of amides is 1. The fourth-order valence-corrected chi connectivity index (χ4v) is 5.24. The highest BCUT2D eigenvalue weighted by Crippen LogP contribution is 2.30. The molecule has 0 spiro atoms. The number of rotatable bonds is 5. The predicted molar refractivity (Wildman–Crippen MR) is 136 cm³/mol. The minimum atomic E-state index is -0.189. The zero-order valence-electron chi connectivity index (χ0n) is 18.6. The first-order valence-electron chi connectivity index (χ1n) is 11.4. The van der Waals surface area contributed by atoms with Crippen LogP contribution in [0.4, 0.5) is 5.69 Å². The number of carbonyl (C=O) groups excluding carboxylic acids is 1. The molecule has 1 fully saturated rings. The Balaban J connectivity index is 1.28. The van der Waals surface area contributed by atoms with E-state index in [0.29, 0.717) is 5.56 Å². The third-order valence-corrected chi connectivity index (χ3v) is 7.07. The summed E-state index contributed by atoms with van der Waals surface area (Å²) in [5.41, 5.74) is 5.11. The average molecular weight is 469 g/mol. The number of nitrogens with zero attached hydrogens (tertiary/aromatic N) is 4. The van der Waals surface area contributed by atoms with E-state index >= 15 is 0 Å². The van der Waals surface area contributed by atoms with Gasteiger partial charge in [-0.2, -0.15) is 0 Å². The molecule has 0 radical (unpaired) electrons. The van der Waals surface area contributed by atoms with E-state index in [-0.39, 0.29) is 5.91 Å². The third-order valence-electron chi connectivity index (χ3n) is 6.18. The smallest absolute Gasteiger partial charge is 0.257 e. The van der Waals surface area contributed by atoms with Gasteiger partial charge in [0.05, 0.1) is 22.5 Å². The summed E-state index contributed by atoms with van der Waals surface area (Å²) in [5, 5.41) is 9.60. The van der Waals surface area contributed by atoms with Crippen LogP contribution >= 0.6 is 11.3 Å². The molecule has 1 amide bonds. The second-order valence-electron chi connectivity index (χ2n) is 8.45. The lowest BCUT2D eigenvalue weighted by Gasteiger charge is -2.26. The van der Waals surface area contributed by atoms with E-state index in [1.165, 1.54) is 5.69 Å². The molecule has 2 N–H and O–H groups in total. The topological polar surface area (TPSA) is 74.6 Å². The van der Waals surface area contributed by atoms with E-state index in [2.05, 4.69) is 36.5 Å². The van der Waals surface area contributed by atoms with Gasteiger partial charge in [-0.3, -0.25) is 19.1 Å². The number of benzene rings is 2. The molecule has 170 valence electrons. The molecule has 0 saturated carbocycles. The molecule has 8 heteroatoms. The van der Waals surface area contributed by atoms with Crippen LogP contribution in [0.15, 0.2) is 72.4 Å². The molecule has 7 nitrogen and oxygen atoms in total. The van der Waals surface area contributed by atoms with Crippen molar-refractivity contribution >= 4 is 38.8 Å². The molecule has 0 aliphatic carbocycles. The minimum Gasteiger partial charge on any atom is -0.321 e. The lowest BCUT2D eigenvalue weighted by Crippen LogP contribution is -2.43. The van der Waals surface area contributed by atoms with Crippen LogP contribution in [-0.4, -0.2) is 51.4 Å². The lowest BCUT2D eigenvalue weighted by molar-refractivity contribution is 0.102. The molecular formula is C26H24N6OS. The second kappa shape index (κ2) is 8.98. The zero-order chi connectivity index (χ0) is 22.9. The number of thiazole rings is 1. The molecule has 5 aromatic rings. The monoisotopic (exact) mass is 468 g/mol. The lowest BCUT2D eigenvalue weighted by atomic mass is 10.1. The quantitative estimate of drug-likeness (QED) is 0.403. The summed E-state index contributed by atoms with van der Waals surface area (Å²) < 4.78 is 2.17. The molecule has 0 atom stereocenters. The van der Waals surface area contributed by atoms with Gasteiger partial charge in [0.25, 0.3) is 5.91 Å². The maximum absolute atomic E-state index is 13.1. The Morgan fingerprint density at radius 2 is 1.91 bits per heavy atom. The first kappa shape index (κ1) is 21.0. The summed E-state index contributed by atoms with van der Waals surface area (Å²) in [4.78, 5) is 25.8. The van der Waals surface area contributed by atoms with Crippen LogP contribution in [0.2, 0.25) is 0 Å². The minimum absolute atomic E-state index is 0.189. The van der Waals surface area contributed by atoms with Crippen molar-refractivity contribution in [2.75, 3.05) is 31.5 Å². The van der Waals surface area contributed by atoms with E-state index in [1.54, 1.807) is 17.5 Å². The fraction of sp³-hybridized carbons (Fsp3) is 0.192. The maximum atomic E-state index is 13.1. The van der Waals surface area contributed by atoms with Crippen molar-refractivity contribution in [1.29, 1.82) is 0 Å². The first-order valence-corrected chi connectivity index (χ1v) is 12.3. The van der Waals surface area contributed by atoms with Gasteiger partial charge in [-0.15, -0.1) is 11.3 Å². The van der Waals surface area contributed by atoms with E-state index in [9.17, 15) is 4.79 Å². The van der Waals surface area contributed by atoms with Crippen LogP contribution in [0.1, 0.15) is 16.1 Å². The molecule has 6 rings (SSSR count). The molecule has 0 bridgehead atoms. The molecule has 3 aromatic heterocycles. The predicted octanol–water partition coefficient (Wildman–Crippen LogP) is 4.27. The summed E-state index contributed by atoms with van der Waals surface area (Å²) in [7, 11) is 0. The number of aromatic nitrogens is 3. The van der Waals surface area contributed by atoms with Crippen LogP contribution in [-0.2, 0) is 6.54 Å². The van der Waals surface area contributed by atoms with E-state index in [4.69, 9.17) is 4.98 Å². The van der Waals surface area contributed by atoms with E-state index in [1.807, 2.05) is 54.6 Å². The zero-order valence-corrected chi connectivity index (χ0v) is 19.4. The summed E-state index contributed by atoms with van der Waals surface area (Å²) in [6, 6.07) is 17.5.